The van der Waals surface area contributed by atoms with Gasteiger partial charge in [-0.1, -0.05) is 12.1 Å². The number of methoxy groups -OCH3 is 1. The maximum absolute atomic E-state index is 13.4. The highest BCUT2D eigenvalue weighted by molar-refractivity contribution is 6.17. The third kappa shape index (κ3) is 4.89. The smallest absolute Gasteiger partial charge is 0.165 e. The minimum absolute atomic E-state index is 0.206. The van der Waals surface area contributed by atoms with E-state index >= 15 is 0 Å². The summed E-state index contributed by atoms with van der Waals surface area (Å²) >= 11 is 5.69. The van der Waals surface area contributed by atoms with Gasteiger partial charge in [0.15, 0.2) is 11.6 Å². The number of ether oxygens (including phenoxy) is 3. The number of halogens is 2. The molecule has 1 aromatic rings. The van der Waals surface area contributed by atoms with Crippen molar-refractivity contribution in [3.63, 3.8) is 0 Å². The Labute approximate surface area is 105 Å². The zero-order valence-corrected chi connectivity index (χ0v) is 10.5. The summed E-state index contributed by atoms with van der Waals surface area (Å²) in [6.45, 7) is 1.71. The van der Waals surface area contributed by atoms with Crippen molar-refractivity contribution in [3.05, 3.63) is 29.6 Å². The molecule has 0 aliphatic carbocycles. The van der Waals surface area contributed by atoms with Gasteiger partial charge in [0.2, 0.25) is 0 Å². The summed E-state index contributed by atoms with van der Waals surface area (Å²) in [6, 6.07) is 4.68. The van der Waals surface area contributed by atoms with E-state index < -0.39 is 5.82 Å². The second kappa shape index (κ2) is 8.28. The van der Waals surface area contributed by atoms with E-state index in [2.05, 4.69) is 0 Å². The van der Waals surface area contributed by atoms with Gasteiger partial charge in [0.05, 0.1) is 25.7 Å². The fourth-order valence-corrected chi connectivity index (χ4v) is 1.48. The Kier molecular flexibility index (Phi) is 6.93. The highest BCUT2D eigenvalue weighted by Gasteiger charge is 2.08. The molecule has 1 rings (SSSR count). The molecule has 17 heavy (non-hydrogen) atoms. The van der Waals surface area contributed by atoms with Crippen LogP contribution in [0, 0.1) is 5.82 Å². The molecule has 0 radical (unpaired) electrons. The molecule has 0 heterocycles. The average Bonchev–Trinajstić information content (AvgIpc) is 2.35. The van der Waals surface area contributed by atoms with Crippen LogP contribution in [0.3, 0.4) is 0 Å². The van der Waals surface area contributed by atoms with E-state index in [9.17, 15) is 4.39 Å². The van der Waals surface area contributed by atoms with Gasteiger partial charge in [0, 0.05) is 12.7 Å². The maximum atomic E-state index is 13.4. The Balaban J connectivity index is 2.35. The van der Waals surface area contributed by atoms with Crippen molar-refractivity contribution in [2.45, 2.75) is 5.88 Å². The fraction of sp³-hybridized carbons (Fsp3) is 0.500. The van der Waals surface area contributed by atoms with E-state index in [4.69, 9.17) is 25.8 Å². The van der Waals surface area contributed by atoms with Crippen LogP contribution in [0.25, 0.3) is 0 Å². The van der Waals surface area contributed by atoms with Gasteiger partial charge in [-0.05, 0) is 6.07 Å². The topological polar surface area (TPSA) is 27.7 Å². The second-order valence-corrected chi connectivity index (χ2v) is 3.58. The summed E-state index contributed by atoms with van der Waals surface area (Å²) in [5.74, 6) is 0.0235. The summed E-state index contributed by atoms with van der Waals surface area (Å²) in [6.07, 6.45) is 0. The first-order chi connectivity index (χ1) is 8.29. The molecule has 0 N–H and O–H groups in total. The molecule has 5 heteroatoms. The Morgan fingerprint density at radius 3 is 2.65 bits per heavy atom. The van der Waals surface area contributed by atoms with Gasteiger partial charge in [-0.15, -0.1) is 11.6 Å². The van der Waals surface area contributed by atoms with Crippen LogP contribution in [0.1, 0.15) is 5.56 Å². The summed E-state index contributed by atoms with van der Waals surface area (Å²) in [5, 5.41) is 0. The summed E-state index contributed by atoms with van der Waals surface area (Å²) < 4.78 is 28.8. The van der Waals surface area contributed by atoms with Gasteiger partial charge >= 0.3 is 0 Å². The number of hydrogen-bond acceptors (Lipinski definition) is 3. The molecule has 0 aliphatic rings. The zero-order chi connectivity index (χ0) is 12.5. The van der Waals surface area contributed by atoms with Crippen LogP contribution in [-0.4, -0.2) is 33.5 Å². The number of rotatable bonds is 8. The zero-order valence-electron chi connectivity index (χ0n) is 9.75. The minimum Gasteiger partial charge on any atom is -0.488 e. The van der Waals surface area contributed by atoms with Gasteiger partial charge in [0.1, 0.15) is 6.61 Å². The minimum atomic E-state index is -0.403. The molecule has 0 bridgehead atoms. The third-order valence-corrected chi connectivity index (χ3v) is 2.39. The summed E-state index contributed by atoms with van der Waals surface area (Å²) in [5.41, 5.74) is 0.642. The van der Waals surface area contributed by atoms with Gasteiger partial charge in [-0.2, -0.15) is 0 Å². The molecule has 0 amide bonds. The van der Waals surface area contributed by atoms with Crippen molar-refractivity contribution in [1.82, 2.24) is 0 Å². The normalized spacial score (nSPS) is 10.5. The van der Waals surface area contributed by atoms with Gasteiger partial charge < -0.3 is 14.2 Å². The number of benzene rings is 1. The lowest BCUT2D eigenvalue weighted by Gasteiger charge is -2.11. The Hall–Kier alpha value is -0.840. The fourth-order valence-electron chi connectivity index (χ4n) is 1.27. The van der Waals surface area contributed by atoms with Gasteiger partial charge in [0.25, 0.3) is 0 Å². The molecule has 3 nitrogen and oxygen atoms in total. The Morgan fingerprint density at radius 2 is 1.94 bits per heavy atom. The molecule has 0 aromatic heterocycles. The molecule has 1 aromatic carbocycles. The summed E-state index contributed by atoms with van der Waals surface area (Å²) in [4.78, 5) is 0. The Morgan fingerprint density at radius 1 is 1.18 bits per heavy atom. The Bertz CT molecular complexity index is 334. The van der Waals surface area contributed by atoms with E-state index in [0.717, 1.165) is 0 Å². The maximum Gasteiger partial charge on any atom is 0.165 e. The first kappa shape index (κ1) is 14.2. The molecule has 96 valence electrons. The number of alkyl halides is 1. The predicted molar refractivity (Wildman–Crippen MR) is 64.1 cm³/mol. The van der Waals surface area contributed by atoms with Crippen molar-refractivity contribution in [2.75, 3.05) is 33.5 Å². The first-order valence-electron chi connectivity index (χ1n) is 5.32. The lowest BCUT2D eigenvalue weighted by molar-refractivity contribution is 0.0536. The van der Waals surface area contributed by atoms with E-state index in [0.29, 0.717) is 25.4 Å². The quantitative estimate of drug-likeness (QED) is 0.532. The molecule has 0 atom stereocenters. The standard InChI is InChI=1S/C12H16ClFO3/c1-15-5-6-16-7-8-17-12-10(9-13)3-2-4-11(12)14/h2-4H,5-9H2,1H3. The van der Waals surface area contributed by atoms with E-state index in [1.807, 2.05) is 0 Å². The molecule has 0 saturated heterocycles. The predicted octanol–water partition coefficient (Wildman–Crippen LogP) is 2.61. The molecule has 0 spiro atoms. The largest absolute Gasteiger partial charge is 0.488 e. The lowest BCUT2D eigenvalue weighted by Crippen LogP contribution is -2.11. The van der Waals surface area contributed by atoms with Gasteiger partial charge in [-0.3, -0.25) is 0 Å². The monoisotopic (exact) mass is 262 g/mol. The van der Waals surface area contributed by atoms with E-state index in [-0.39, 0.29) is 18.2 Å². The van der Waals surface area contributed by atoms with Crippen molar-refractivity contribution >= 4 is 11.6 Å². The average molecular weight is 263 g/mol. The third-order valence-electron chi connectivity index (χ3n) is 2.10. The van der Waals surface area contributed by atoms with Crippen LogP contribution in [0.4, 0.5) is 4.39 Å². The lowest BCUT2D eigenvalue weighted by atomic mass is 10.2. The molecule has 0 fully saturated rings. The highest BCUT2D eigenvalue weighted by Crippen LogP contribution is 2.23. The summed E-state index contributed by atoms with van der Waals surface area (Å²) in [7, 11) is 1.60. The van der Waals surface area contributed by atoms with Crippen molar-refractivity contribution < 1.29 is 18.6 Å². The van der Waals surface area contributed by atoms with Crippen LogP contribution < -0.4 is 4.74 Å². The molecule has 0 unspecified atom stereocenters. The molecule has 0 aliphatic heterocycles. The number of hydrogen-bond donors (Lipinski definition) is 0. The van der Waals surface area contributed by atoms with Crippen LogP contribution in [0.15, 0.2) is 18.2 Å². The molecular formula is C12H16ClFO3. The number of para-hydroxylation sites is 1. The van der Waals surface area contributed by atoms with E-state index in [1.165, 1.54) is 6.07 Å². The molecular weight excluding hydrogens is 247 g/mol. The molecule has 0 saturated carbocycles. The van der Waals surface area contributed by atoms with Crippen molar-refractivity contribution in [3.8, 4) is 5.75 Å². The van der Waals surface area contributed by atoms with Crippen LogP contribution in [-0.2, 0) is 15.4 Å². The second-order valence-electron chi connectivity index (χ2n) is 3.32. The van der Waals surface area contributed by atoms with Crippen LogP contribution in [0.2, 0.25) is 0 Å². The van der Waals surface area contributed by atoms with Crippen molar-refractivity contribution in [2.24, 2.45) is 0 Å². The van der Waals surface area contributed by atoms with Crippen LogP contribution >= 0.6 is 11.6 Å². The van der Waals surface area contributed by atoms with Crippen molar-refractivity contribution in [1.29, 1.82) is 0 Å². The van der Waals surface area contributed by atoms with E-state index in [1.54, 1.807) is 19.2 Å². The van der Waals surface area contributed by atoms with Crippen LogP contribution in [0.5, 0.6) is 5.75 Å². The SMILES string of the molecule is COCCOCCOc1c(F)cccc1CCl. The highest BCUT2D eigenvalue weighted by atomic mass is 35.5. The van der Waals surface area contributed by atoms with Gasteiger partial charge in [-0.25, -0.2) is 4.39 Å². The first-order valence-corrected chi connectivity index (χ1v) is 5.86.